The summed E-state index contributed by atoms with van der Waals surface area (Å²) in [7, 11) is -3.63. The maximum Gasteiger partial charge on any atom is 0.407 e. The minimum Gasteiger partial charge on any atom is -0.444 e. The smallest absolute Gasteiger partial charge is 0.407 e. The molecule has 0 aliphatic carbocycles. The Bertz CT molecular complexity index is 1050. The molecule has 0 radical (unpaired) electrons. The second-order valence-corrected chi connectivity index (χ2v) is 12.8. The third-order valence-electron chi connectivity index (χ3n) is 7.12. The molecule has 0 unspecified atom stereocenters. The van der Waals surface area contributed by atoms with Crippen molar-refractivity contribution >= 4 is 22.2 Å². The lowest BCUT2D eigenvalue weighted by atomic mass is 9.99. The maximum atomic E-state index is 13.6. The van der Waals surface area contributed by atoms with Crippen molar-refractivity contribution < 1.29 is 22.7 Å². The van der Waals surface area contributed by atoms with E-state index in [-0.39, 0.29) is 30.1 Å². The Kier molecular flexibility index (Phi) is 7.86. The molecule has 0 aromatic carbocycles. The topological polar surface area (TPSA) is 134 Å². The highest BCUT2D eigenvalue weighted by Gasteiger charge is 2.49. The number of nitrogens with one attached hydrogen (secondary N) is 2. The molecule has 36 heavy (non-hydrogen) atoms. The van der Waals surface area contributed by atoms with Crippen molar-refractivity contribution in [3.63, 3.8) is 0 Å². The summed E-state index contributed by atoms with van der Waals surface area (Å²) in [6.07, 6.45) is 5.77. The van der Waals surface area contributed by atoms with E-state index in [2.05, 4.69) is 20.8 Å². The van der Waals surface area contributed by atoms with Crippen molar-refractivity contribution in [2.24, 2.45) is 0 Å². The van der Waals surface area contributed by atoms with E-state index in [4.69, 9.17) is 4.74 Å². The minimum atomic E-state index is -3.63. The number of nitrogens with zero attached hydrogens (tertiary/aromatic N) is 4. The molecule has 3 saturated heterocycles. The highest BCUT2D eigenvalue weighted by molar-refractivity contribution is 7.86. The van der Waals surface area contributed by atoms with Gasteiger partial charge in [0.1, 0.15) is 5.60 Å². The molecule has 4 heterocycles. The van der Waals surface area contributed by atoms with Gasteiger partial charge in [0.05, 0.1) is 6.20 Å². The molecule has 0 spiro atoms. The third kappa shape index (κ3) is 6.15. The molecule has 4 rings (SSSR count). The molecule has 2 bridgehead atoms. The molecule has 2 amide bonds. The Hall–Kier alpha value is -2.31. The molecule has 0 saturated carbocycles. The van der Waals surface area contributed by atoms with E-state index in [0.29, 0.717) is 44.5 Å². The fourth-order valence-corrected chi connectivity index (χ4v) is 7.51. The van der Waals surface area contributed by atoms with Crippen molar-refractivity contribution in [3.8, 4) is 0 Å². The second kappa shape index (κ2) is 10.6. The Labute approximate surface area is 213 Å². The van der Waals surface area contributed by atoms with E-state index < -0.39 is 21.9 Å². The first-order valence-electron chi connectivity index (χ1n) is 12.9. The van der Waals surface area contributed by atoms with Crippen LogP contribution in [0.15, 0.2) is 12.3 Å². The monoisotopic (exact) mass is 522 g/mol. The van der Waals surface area contributed by atoms with E-state index in [1.54, 1.807) is 16.6 Å². The van der Waals surface area contributed by atoms with Gasteiger partial charge in [0.15, 0.2) is 5.69 Å². The summed E-state index contributed by atoms with van der Waals surface area (Å²) in [5.41, 5.74) is 0.659. The van der Waals surface area contributed by atoms with E-state index >= 15 is 0 Å². The molecule has 3 aliphatic heterocycles. The quantitative estimate of drug-likeness (QED) is 0.584. The number of rotatable bonds is 6. The van der Waals surface area contributed by atoms with E-state index in [1.165, 1.54) is 4.31 Å². The standard InChI is InChI=1S/C24H38N6O5S/c1-5-16-12-21(28-25-15-16)22(31)26-18-13-19-6-7-20(14-18)30(19)36(33,34)29-10-8-17(9-11-29)27-23(32)35-24(2,3)4/h12,15,17-20H,5-11,13-14H2,1-4H3,(H,26,31)(H,27,32)/t18-,19-,20+. The lowest BCUT2D eigenvalue weighted by molar-refractivity contribution is 0.0488. The number of carbonyl (C=O) groups excluding carboxylic acids is 2. The van der Waals surface area contributed by atoms with E-state index in [1.807, 2.05) is 27.7 Å². The molecule has 3 atom stereocenters. The largest absolute Gasteiger partial charge is 0.444 e. The summed E-state index contributed by atoms with van der Waals surface area (Å²) in [5, 5.41) is 13.8. The number of aromatic nitrogens is 2. The van der Waals surface area contributed by atoms with Gasteiger partial charge >= 0.3 is 6.09 Å². The van der Waals surface area contributed by atoms with E-state index in [0.717, 1.165) is 24.8 Å². The maximum absolute atomic E-state index is 13.6. The average molecular weight is 523 g/mol. The molecule has 1 aromatic heterocycles. The zero-order valence-corrected chi connectivity index (χ0v) is 22.4. The number of ether oxygens (including phenoxy) is 1. The first kappa shape index (κ1) is 26.7. The van der Waals surface area contributed by atoms with Crippen LogP contribution >= 0.6 is 0 Å². The number of amides is 2. The molecule has 3 fully saturated rings. The fourth-order valence-electron chi connectivity index (χ4n) is 5.44. The van der Waals surface area contributed by atoms with Crippen molar-refractivity contribution in [3.05, 3.63) is 23.5 Å². The predicted molar refractivity (Wildman–Crippen MR) is 133 cm³/mol. The Morgan fingerprint density at radius 2 is 1.69 bits per heavy atom. The molecule has 2 N–H and O–H groups in total. The van der Waals surface area contributed by atoms with Gasteiger partial charge in [-0.25, -0.2) is 4.79 Å². The molecule has 11 nitrogen and oxygen atoms in total. The molecule has 3 aliphatic rings. The molecule has 200 valence electrons. The van der Waals surface area contributed by atoms with Gasteiger partial charge in [0.25, 0.3) is 16.1 Å². The van der Waals surface area contributed by atoms with Gasteiger partial charge < -0.3 is 15.4 Å². The van der Waals surface area contributed by atoms with Crippen molar-refractivity contribution in [1.82, 2.24) is 29.4 Å². The van der Waals surface area contributed by atoms with E-state index in [9.17, 15) is 18.0 Å². The number of carbonyl (C=O) groups is 2. The summed E-state index contributed by atoms with van der Waals surface area (Å²) in [6.45, 7) is 8.12. The van der Waals surface area contributed by atoms with Gasteiger partial charge in [-0.2, -0.15) is 22.1 Å². The second-order valence-electron chi connectivity index (χ2n) is 11.0. The Morgan fingerprint density at radius 3 is 2.28 bits per heavy atom. The summed E-state index contributed by atoms with van der Waals surface area (Å²) in [4.78, 5) is 24.8. The van der Waals surface area contributed by atoms with Crippen LogP contribution in [0.3, 0.4) is 0 Å². The number of aryl methyl sites for hydroxylation is 1. The summed E-state index contributed by atoms with van der Waals surface area (Å²) in [5.74, 6) is -0.266. The van der Waals surface area contributed by atoms with Gasteiger partial charge in [0, 0.05) is 37.3 Å². The highest BCUT2D eigenvalue weighted by Crippen LogP contribution is 2.39. The number of fused-ring (bicyclic) bond motifs is 2. The summed E-state index contributed by atoms with van der Waals surface area (Å²) < 4.78 is 35.7. The van der Waals surface area contributed by atoms with Crippen LogP contribution in [0.2, 0.25) is 0 Å². The fraction of sp³-hybridized carbons (Fsp3) is 0.750. The number of piperidine rings is 2. The summed E-state index contributed by atoms with van der Waals surface area (Å²) >= 11 is 0. The zero-order valence-electron chi connectivity index (χ0n) is 21.6. The first-order chi connectivity index (χ1) is 17.0. The third-order valence-corrected chi connectivity index (χ3v) is 9.27. The van der Waals surface area contributed by atoms with Crippen LogP contribution in [-0.2, 0) is 21.4 Å². The van der Waals surface area contributed by atoms with Gasteiger partial charge in [-0.3, -0.25) is 4.79 Å². The van der Waals surface area contributed by atoms with Crippen molar-refractivity contribution in [2.75, 3.05) is 13.1 Å². The van der Waals surface area contributed by atoms with Gasteiger partial charge in [-0.05, 0) is 77.3 Å². The molecular formula is C24H38N6O5S. The first-order valence-corrected chi connectivity index (χ1v) is 14.3. The molecule has 12 heteroatoms. The van der Waals surface area contributed by atoms with Crippen LogP contribution in [0.25, 0.3) is 0 Å². The molecule has 1 aromatic rings. The zero-order chi connectivity index (χ0) is 26.1. The lowest BCUT2D eigenvalue weighted by Crippen LogP contribution is -2.57. The van der Waals surface area contributed by atoms with Crippen LogP contribution in [0, 0.1) is 0 Å². The summed E-state index contributed by atoms with van der Waals surface area (Å²) in [6, 6.07) is 1.27. The minimum absolute atomic E-state index is 0.0997. The average Bonchev–Trinajstić information content (AvgIpc) is 3.10. The number of alkyl carbamates (subject to hydrolysis) is 1. The number of hydrogen-bond donors (Lipinski definition) is 2. The van der Waals surface area contributed by atoms with Crippen LogP contribution in [0.4, 0.5) is 4.79 Å². The van der Waals surface area contributed by atoms with Crippen LogP contribution in [-0.4, -0.2) is 82.1 Å². The van der Waals surface area contributed by atoms with Gasteiger partial charge in [-0.15, -0.1) is 5.10 Å². The highest BCUT2D eigenvalue weighted by atomic mass is 32.2. The van der Waals surface area contributed by atoms with Crippen LogP contribution < -0.4 is 10.6 Å². The normalized spacial score (nSPS) is 25.9. The van der Waals surface area contributed by atoms with Gasteiger partial charge in [-0.1, -0.05) is 6.92 Å². The van der Waals surface area contributed by atoms with Crippen LogP contribution in [0.5, 0.6) is 0 Å². The van der Waals surface area contributed by atoms with Crippen molar-refractivity contribution in [1.29, 1.82) is 0 Å². The Balaban J connectivity index is 1.32. The number of hydrogen-bond acceptors (Lipinski definition) is 7. The SMILES string of the molecule is CCc1cnnc(C(=O)N[C@@H]2C[C@H]3CC[C@@H](C2)N3S(=O)(=O)N2CCC(NC(=O)OC(C)(C)C)CC2)c1. The Morgan fingerprint density at radius 1 is 1.06 bits per heavy atom. The molecular weight excluding hydrogens is 484 g/mol. The van der Waals surface area contributed by atoms with Crippen LogP contribution in [0.1, 0.15) is 82.3 Å². The lowest BCUT2D eigenvalue weighted by Gasteiger charge is -2.42. The van der Waals surface area contributed by atoms with Gasteiger partial charge in [0.2, 0.25) is 0 Å². The van der Waals surface area contributed by atoms with Crippen molar-refractivity contribution in [2.45, 2.75) is 102 Å². The predicted octanol–water partition coefficient (Wildman–Crippen LogP) is 2.00.